The molecule has 2 unspecified atom stereocenters. The van der Waals surface area contributed by atoms with E-state index >= 15 is 0 Å². The minimum atomic E-state index is 0. The summed E-state index contributed by atoms with van der Waals surface area (Å²) >= 11 is 0. The first-order valence-electron chi connectivity index (χ1n) is 5.74. The zero-order valence-corrected chi connectivity index (χ0v) is 13.0. The van der Waals surface area contributed by atoms with E-state index in [0.29, 0.717) is 0 Å². The molecule has 88 valence electrons. The van der Waals surface area contributed by atoms with Gasteiger partial charge in [0, 0.05) is 12.6 Å². The average Bonchev–Trinajstić information content (AvgIpc) is 2.63. The molecule has 0 bridgehead atoms. The van der Waals surface area contributed by atoms with Crippen molar-refractivity contribution in [3.8, 4) is 0 Å². The summed E-state index contributed by atoms with van der Waals surface area (Å²) in [4.78, 5) is 5.00. The number of hydrogen-bond donors (Lipinski definition) is 0. The minimum Gasteiger partial charge on any atom is -0.346 e. The van der Waals surface area contributed by atoms with E-state index < -0.39 is 0 Å². The molecule has 2 nitrogen and oxygen atoms in total. The summed E-state index contributed by atoms with van der Waals surface area (Å²) in [7, 11) is 2.26. The van der Waals surface area contributed by atoms with Crippen LogP contribution in [0.15, 0.2) is 0 Å². The van der Waals surface area contributed by atoms with E-state index in [0.717, 1.165) is 18.5 Å². The number of hydrogen-bond acceptors (Lipinski definition) is 2. The average molecular weight is 380 g/mol. The third kappa shape index (κ3) is 3.83. The maximum atomic E-state index is 3.96. The molecule has 15 heavy (non-hydrogen) atoms. The monoisotopic (exact) mass is 380 g/mol. The Morgan fingerprint density at radius 2 is 1.80 bits per heavy atom. The second-order valence-corrected chi connectivity index (χ2v) is 4.19. The molecule has 2 atom stereocenters. The Hall–Kier alpha value is 0.608. The van der Waals surface area contributed by atoms with Crippen molar-refractivity contribution in [2.75, 3.05) is 33.2 Å². The molecule has 2 saturated heterocycles. The third-order valence-electron chi connectivity index (χ3n) is 3.54. The van der Waals surface area contributed by atoms with Crippen molar-refractivity contribution in [3.05, 3.63) is 13.8 Å². The van der Waals surface area contributed by atoms with Gasteiger partial charge in [0.05, 0.1) is 0 Å². The number of piperidine rings is 1. The maximum Gasteiger partial charge on any atom is 2.00 e. The molecule has 2 fully saturated rings. The largest absolute Gasteiger partial charge is 2.00 e. The molecule has 0 aromatic rings. The van der Waals surface area contributed by atoms with Crippen molar-refractivity contribution >= 4 is 0 Å². The smallest absolute Gasteiger partial charge is 0.346 e. The first kappa shape index (κ1) is 15.6. The minimum absolute atomic E-state index is 0. The molecule has 0 spiro atoms. The van der Waals surface area contributed by atoms with Crippen LogP contribution in [0, 0.1) is 19.8 Å². The molecule has 0 aliphatic carbocycles. The van der Waals surface area contributed by atoms with E-state index in [1.807, 2.05) is 0 Å². The molecule has 0 aromatic heterocycles. The summed E-state index contributed by atoms with van der Waals surface area (Å²) in [5.74, 6) is 0.984. The summed E-state index contributed by atoms with van der Waals surface area (Å²) < 4.78 is 0. The zero-order valence-electron chi connectivity index (χ0n) is 10.1. The van der Waals surface area contributed by atoms with Gasteiger partial charge >= 0.3 is 21.1 Å². The first-order valence-corrected chi connectivity index (χ1v) is 5.74. The SMILES string of the molecule is [CH2-]C.[CH2-]CN1CCC2CCN(C)C2C1.[W+2]. The summed E-state index contributed by atoms with van der Waals surface area (Å²) in [6, 6.07) is 0.834. The number of likely N-dealkylation sites (tertiary alicyclic amines) is 2. The van der Waals surface area contributed by atoms with E-state index in [9.17, 15) is 0 Å². The fraction of sp³-hybridized carbons (Fsp3) is 0.833. The van der Waals surface area contributed by atoms with E-state index in [-0.39, 0.29) is 21.1 Å². The van der Waals surface area contributed by atoms with Crippen LogP contribution >= 0.6 is 0 Å². The predicted molar refractivity (Wildman–Crippen MR) is 62.0 cm³/mol. The van der Waals surface area contributed by atoms with Gasteiger partial charge in [-0.3, -0.25) is 0 Å². The summed E-state index contributed by atoms with van der Waals surface area (Å²) in [5.41, 5.74) is 0. The van der Waals surface area contributed by atoms with Gasteiger partial charge in [-0.25, -0.2) is 0 Å². The van der Waals surface area contributed by atoms with Crippen molar-refractivity contribution in [1.82, 2.24) is 9.80 Å². The Morgan fingerprint density at radius 3 is 2.40 bits per heavy atom. The second-order valence-electron chi connectivity index (χ2n) is 4.19. The fourth-order valence-corrected chi connectivity index (χ4v) is 2.62. The number of likely N-dealkylation sites (N-methyl/N-ethyl adjacent to an activating group) is 1. The Kier molecular flexibility index (Phi) is 8.13. The van der Waals surface area contributed by atoms with Crippen molar-refractivity contribution in [3.63, 3.8) is 0 Å². The van der Waals surface area contributed by atoms with Crippen LogP contribution < -0.4 is 0 Å². The molecule has 0 radical (unpaired) electrons. The fourth-order valence-electron chi connectivity index (χ4n) is 2.62. The van der Waals surface area contributed by atoms with Crippen molar-refractivity contribution in [2.45, 2.75) is 25.8 Å². The van der Waals surface area contributed by atoms with E-state index in [1.54, 1.807) is 6.92 Å². The van der Waals surface area contributed by atoms with Crippen molar-refractivity contribution in [1.29, 1.82) is 0 Å². The summed E-state index contributed by atoms with van der Waals surface area (Å²) in [6.45, 7) is 13.8. The van der Waals surface area contributed by atoms with Crippen LogP contribution in [0.5, 0.6) is 0 Å². The van der Waals surface area contributed by atoms with Crippen molar-refractivity contribution < 1.29 is 21.1 Å². The Labute approximate surface area is 110 Å². The topological polar surface area (TPSA) is 6.48 Å². The van der Waals surface area contributed by atoms with Crippen LogP contribution in [0.25, 0.3) is 0 Å². The van der Waals surface area contributed by atoms with Gasteiger partial charge in [-0.2, -0.15) is 6.92 Å². The van der Waals surface area contributed by atoms with Crippen LogP contribution in [0.3, 0.4) is 0 Å². The number of rotatable bonds is 1. The van der Waals surface area contributed by atoms with Crippen LogP contribution in [0.4, 0.5) is 0 Å². The van der Waals surface area contributed by atoms with Gasteiger partial charge in [0.2, 0.25) is 0 Å². The molecule has 2 aliphatic rings. The second kappa shape index (κ2) is 7.81. The van der Waals surface area contributed by atoms with Crippen LogP contribution in [0.1, 0.15) is 19.8 Å². The quantitative estimate of drug-likeness (QED) is 0.639. The van der Waals surface area contributed by atoms with E-state index in [4.69, 9.17) is 0 Å². The van der Waals surface area contributed by atoms with Gasteiger partial charge in [0.1, 0.15) is 0 Å². The zero-order chi connectivity index (χ0) is 10.6. The van der Waals surface area contributed by atoms with Crippen molar-refractivity contribution in [2.24, 2.45) is 5.92 Å². The molecular weight excluding hydrogens is 356 g/mol. The van der Waals surface area contributed by atoms with Gasteiger partial charge in [0.25, 0.3) is 0 Å². The van der Waals surface area contributed by atoms with Crippen LogP contribution in [-0.2, 0) is 21.1 Å². The Bertz CT molecular complexity index is 164. The molecule has 0 aromatic carbocycles. The van der Waals surface area contributed by atoms with E-state index in [2.05, 4.69) is 30.7 Å². The Morgan fingerprint density at radius 1 is 1.20 bits per heavy atom. The van der Waals surface area contributed by atoms with Gasteiger partial charge < -0.3 is 23.6 Å². The molecule has 0 amide bonds. The van der Waals surface area contributed by atoms with Crippen LogP contribution in [0.2, 0.25) is 0 Å². The van der Waals surface area contributed by atoms with Gasteiger partial charge in [-0.15, -0.1) is 6.54 Å². The summed E-state index contributed by atoms with van der Waals surface area (Å²) in [5, 5.41) is 0. The molecule has 3 heteroatoms. The normalized spacial score (nSPS) is 31.2. The molecule has 2 aliphatic heterocycles. The van der Waals surface area contributed by atoms with Gasteiger partial charge in [-0.1, -0.05) is 0 Å². The maximum absolute atomic E-state index is 3.96. The van der Waals surface area contributed by atoms with E-state index in [1.165, 1.54) is 32.5 Å². The van der Waals surface area contributed by atoms with Gasteiger partial charge in [0.15, 0.2) is 0 Å². The molecule has 2 heterocycles. The number of fused-ring (bicyclic) bond motifs is 1. The predicted octanol–water partition coefficient (Wildman–Crippen LogP) is 1.68. The third-order valence-corrected chi connectivity index (χ3v) is 3.54. The molecule has 2 rings (SSSR count). The molecular formula is C12H24N2W. The number of nitrogens with zero attached hydrogens (tertiary/aromatic N) is 2. The Balaban J connectivity index is 0.000000617. The standard InChI is InChI=1S/C10H19N2.C2H5.W/c1-3-12-7-5-9-4-6-11(2)10(9)8-12;1-2;/h9-10H,1,3-8H2,2H3;1H2,2H3;/q2*-1;+2. The van der Waals surface area contributed by atoms with Gasteiger partial charge in [-0.05, 0) is 38.9 Å². The van der Waals surface area contributed by atoms with Crippen LogP contribution in [-0.4, -0.2) is 49.1 Å². The molecule has 0 saturated carbocycles. The first-order chi connectivity index (χ1) is 6.81. The summed E-state index contributed by atoms with van der Waals surface area (Å²) in [6.07, 6.45) is 2.82. The molecule has 0 N–H and O–H groups in total.